The van der Waals surface area contributed by atoms with Crippen LogP contribution in [-0.4, -0.2) is 19.0 Å². The first-order chi connectivity index (χ1) is 12.7. The average molecular weight is 385 g/mol. The van der Waals surface area contributed by atoms with Gasteiger partial charge in [0.05, 0.1) is 12.6 Å². The van der Waals surface area contributed by atoms with Gasteiger partial charge in [-0.25, -0.2) is 0 Å². The van der Waals surface area contributed by atoms with Crippen molar-refractivity contribution in [3.63, 3.8) is 0 Å². The van der Waals surface area contributed by atoms with Gasteiger partial charge in [-0.3, -0.25) is 10.1 Å². The number of halogens is 1. The number of rotatable bonds is 8. The minimum absolute atomic E-state index is 0.00971. The Hall–Kier alpha value is -2.14. The Bertz CT molecular complexity index is 821. The Morgan fingerprint density at radius 1 is 1.04 bits per heavy atom. The second-order valence-corrected chi connectivity index (χ2v) is 7.39. The molecule has 5 heteroatoms. The minimum Gasteiger partial charge on any atom is -0.355 e. The van der Waals surface area contributed by atoms with Crippen LogP contribution < -0.4 is 10.6 Å². The van der Waals surface area contributed by atoms with Crippen LogP contribution in [0.2, 0.25) is 5.02 Å². The fraction of sp³-hybridized carbons (Fsp3) is 0.190. The highest BCUT2D eigenvalue weighted by atomic mass is 35.5. The van der Waals surface area contributed by atoms with E-state index in [1.165, 1.54) is 4.88 Å². The standard InChI is InChI=1S/C21H21ClN2OS/c22-18-9-4-6-16(14-18)11-12-23-20(25)15-24-21(19-10-5-13-26-19)17-7-2-1-3-8-17/h1-10,13-14,21,24H,11-12,15H2,(H,23,25)/t21-/m1/s1. The maximum Gasteiger partial charge on any atom is 0.233 e. The van der Waals surface area contributed by atoms with Gasteiger partial charge in [-0.1, -0.05) is 60.1 Å². The smallest absolute Gasteiger partial charge is 0.233 e. The van der Waals surface area contributed by atoms with Gasteiger partial charge in [0.25, 0.3) is 0 Å². The molecule has 0 aliphatic carbocycles. The first kappa shape index (κ1) is 18.6. The Kier molecular flexibility index (Phi) is 6.83. The number of carbonyl (C=O) groups is 1. The number of thiophene rings is 1. The molecule has 0 aliphatic rings. The van der Waals surface area contributed by atoms with Crippen LogP contribution in [0.25, 0.3) is 0 Å². The van der Waals surface area contributed by atoms with Gasteiger partial charge in [-0.05, 0) is 41.1 Å². The lowest BCUT2D eigenvalue weighted by atomic mass is 10.1. The third-order valence-electron chi connectivity index (χ3n) is 4.05. The van der Waals surface area contributed by atoms with Crippen LogP contribution in [0, 0.1) is 0 Å². The molecular formula is C21H21ClN2OS. The second kappa shape index (κ2) is 9.53. The van der Waals surface area contributed by atoms with Crippen molar-refractivity contribution in [2.75, 3.05) is 13.1 Å². The van der Waals surface area contributed by atoms with Crippen LogP contribution >= 0.6 is 22.9 Å². The summed E-state index contributed by atoms with van der Waals surface area (Å²) >= 11 is 7.67. The summed E-state index contributed by atoms with van der Waals surface area (Å²) in [7, 11) is 0. The van der Waals surface area contributed by atoms with Crippen LogP contribution in [0.15, 0.2) is 72.1 Å². The number of hydrogen-bond donors (Lipinski definition) is 2. The van der Waals surface area contributed by atoms with Gasteiger partial charge in [0, 0.05) is 16.4 Å². The first-order valence-corrected chi connectivity index (χ1v) is 9.81. The number of carbonyl (C=O) groups excluding carboxylic acids is 1. The Morgan fingerprint density at radius 3 is 2.62 bits per heavy atom. The summed E-state index contributed by atoms with van der Waals surface area (Å²) in [6.45, 7) is 0.864. The van der Waals surface area contributed by atoms with E-state index in [4.69, 9.17) is 11.6 Å². The summed E-state index contributed by atoms with van der Waals surface area (Å²) < 4.78 is 0. The van der Waals surface area contributed by atoms with E-state index in [1.54, 1.807) is 11.3 Å². The molecule has 1 aromatic heterocycles. The predicted octanol–water partition coefficient (Wildman–Crippen LogP) is 4.44. The van der Waals surface area contributed by atoms with Crippen molar-refractivity contribution in [2.45, 2.75) is 12.5 Å². The molecule has 26 heavy (non-hydrogen) atoms. The molecule has 0 radical (unpaired) electrons. The third-order valence-corrected chi connectivity index (χ3v) is 5.22. The summed E-state index contributed by atoms with van der Waals surface area (Å²) in [5.41, 5.74) is 2.27. The highest BCUT2D eigenvalue weighted by Gasteiger charge is 2.15. The second-order valence-electron chi connectivity index (χ2n) is 5.97. The van der Waals surface area contributed by atoms with Crippen LogP contribution in [0.1, 0.15) is 22.0 Å². The molecule has 3 rings (SSSR count). The Balaban J connectivity index is 1.51. The fourth-order valence-corrected chi connectivity index (χ4v) is 3.82. The van der Waals surface area contributed by atoms with Crippen molar-refractivity contribution in [2.24, 2.45) is 0 Å². The van der Waals surface area contributed by atoms with E-state index < -0.39 is 0 Å². The summed E-state index contributed by atoms with van der Waals surface area (Å²) in [5.74, 6) is -0.00971. The van der Waals surface area contributed by atoms with E-state index in [0.717, 1.165) is 22.6 Å². The molecule has 134 valence electrons. The molecule has 2 aromatic carbocycles. The largest absolute Gasteiger partial charge is 0.355 e. The fourth-order valence-electron chi connectivity index (χ4n) is 2.78. The SMILES string of the molecule is O=C(CN[C@H](c1ccccc1)c1cccs1)NCCc1cccc(Cl)c1. The highest BCUT2D eigenvalue weighted by Crippen LogP contribution is 2.25. The zero-order valence-electron chi connectivity index (χ0n) is 14.3. The maximum absolute atomic E-state index is 12.2. The first-order valence-electron chi connectivity index (χ1n) is 8.55. The van der Waals surface area contributed by atoms with Crippen LogP contribution in [-0.2, 0) is 11.2 Å². The molecule has 3 nitrogen and oxygen atoms in total. The molecule has 0 aliphatic heterocycles. The van der Waals surface area contributed by atoms with Gasteiger partial charge in [0.2, 0.25) is 5.91 Å². The molecule has 0 spiro atoms. The predicted molar refractivity (Wildman–Crippen MR) is 109 cm³/mol. The maximum atomic E-state index is 12.2. The normalized spacial score (nSPS) is 11.9. The molecule has 0 saturated carbocycles. The summed E-state index contributed by atoms with van der Waals surface area (Å²) in [4.78, 5) is 13.4. The van der Waals surface area contributed by atoms with Crippen molar-refractivity contribution < 1.29 is 4.79 Å². The molecule has 0 fully saturated rings. The molecule has 2 N–H and O–H groups in total. The zero-order chi connectivity index (χ0) is 18.2. The zero-order valence-corrected chi connectivity index (χ0v) is 15.9. The summed E-state index contributed by atoms with van der Waals surface area (Å²) in [5, 5.41) is 9.11. The van der Waals surface area contributed by atoms with Gasteiger partial charge in [0.15, 0.2) is 0 Å². The van der Waals surface area contributed by atoms with E-state index in [9.17, 15) is 4.79 Å². The number of amides is 1. The molecule has 0 bridgehead atoms. The van der Waals surface area contributed by atoms with Gasteiger partial charge in [0.1, 0.15) is 0 Å². The van der Waals surface area contributed by atoms with Crippen LogP contribution in [0.3, 0.4) is 0 Å². The molecule has 1 atom stereocenters. The Morgan fingerprint density at radius 2 is 1.88 bits per heavy atom. The van der Waals surface area contributed by atoms with E-state index in [1.807, 2.05) is 48.5 Å². The summed E-state index contributed by atoms with van der Waals surface area (Å²) in [6.07, 6.45) is 0.763. The van der Waals surface area contributed by atoms with E-state index in [0.29, 0.717) is 6.54 Å². The number of nitrogens with one attached hydrogen (secondary N) is 2. The van der Waals surface area contributed by atoms with Crippen LogP contribution in [0.4, 0.5) is 0 Å². The minimum atomic E-state index is -0.00971. The lowest BCUT2D eigenvalue weighted by Gasteiger charge is -2.18. The lowest BCUT2D eigenvalue weighted by Crippen LogP contribution is -2.36. The molecule has 3 aromatic rings. The van der Waals surface area contributed by atoms with E-state index in [2.05, 4.69) is 34.2 Å². The van der Waals surface area contributed by atoms with Crippen molar-refractivity contribution in [3.05, 3.63) is 93.1 Å². The molecular weight excluding hydrogens is 364 g/mol. The van der Waals surface area contributed by atoms with Gasteiger partial charge < -0.3 is 5.32 Å². The van der Waals surface area contributed by atoms with Crippen LogP contribution in [0.5, 0.6) is 0 Å². The number of hydrogen-bond acceptors (Lipinski definition) is 3. The van der Waals surface area contributed by atoms with Crippen molar-refractivity contribution >= 4 is 28.8 Å². The van der Waals surface area contributed by atoms with Gasteiger partial charge in [-0.15, -0.1) is 11.3 Å². The van der Waals surface area contributed by atoms with Crippen molar-refractivity contribution in [3.8, 4) is 0 Å². The van der Waals surface area contributed by atoms with Crippen molar-refractivity contribution in [1.29, 1.82) is 0 Å². The lowest BCUT2D eigenvalue weighted by molar-refractivity contribution is -0.120. The number of benzene rings is 2. The average Bonchev–Trinajstić information content (AvgIpc) is 3.17. The molecule has 1 heterocycles. The molecule has 0 saturated heterocycles. The van der Waals surface area contributed by atoms with Gasteiger partial charge in [-0.2, -0.15) is 0 Å². The Labute approximate surface area is 163 Å². The van der Waals surface area contributed by atoms with E-state index >= 15 is 0 Å². The molecule has 1 amide bonds. The summed E-state index contributed by atoms with van der Waals surface area (Å²) in [6, 6.07) is 22.0. The quantitative estimate of drug-likeness (QED) is 0.602. The topological polar surface area (TPSA) is 41.1 Å². The highest BCUT2D eigenvalue weighted by molar-refractivity contribution is 7.10. The van der Waals surface area contributed by atoms with Gasteiger partial charge >= 0.3 is 0 Å². The molecule has 0 unspecified atom stereocenters. The third kappa shape index (κ3) is 5.43. The van der Waals surface area contributed by atoms with Crippen molar-refractivity contribution in [1.82, 2.24) is 10.6 Å². The van der Waals surface area contributed by atoms with E-state index in [-0.39, 0.29) is 18.5 Å². The monoisotopic (exact) mass is 384 g/mol.